The lowest BCUT2D eigenvalue weighted by Gasteiger charge is -2.29. The third-order valence-corrected chi connectivity index (χ3v) is 7.06. The Morgan fingerprint density at radius 1 is 1.11 bits per heavy atom. The Bertz CT molecular complexity index is 1060. The number of amides is 2. The number of nitrogens with zero attached hydrogens (tertiary/aromatic N) is 1. The molecule has 3 N–H and O–H groups in total. The van der Waals surface area contributed by atoms with Crippen molar-refractivity contribution in [3.63, 3.8) is 0 Å². The summed E-state index contributed by atoms with van der Waals surface area (Å²) in [6.07, 6.45) is 13.2. The second kappa shape index (κ2) is 11.8. The molecule has 7 heteroatoms. The quantitative estimate of drug-likeness (QED) is 0.467. The first-order valence-electron chi connectivity index (χ1n) is 13.3. The molecule has 0 saturated heterocycles. The molecule has 194 valence electrons. The second-order valence-corrected chi connectivity index (χ2v) is 11.1. The van der Waals surface area contributed by atoms with E-state index >= 15 is 0 Å². The maximum absolute atomic E-state index is 13.2. The monoisotopic (exact) mass is 492 g/mol. The lowest BCUT2D eigenvalue weighted by Crippen LogP contribution is -2.39. The van der Waals surface area contributed by atoms with Gasteiger partial charge in [0, 0.05) is 18.0 Å². The van der Waals surface area contributed by atoms with Gasteiger partial charge in [-0.15, -0.1) is 0 Å². The summed E-state index contributed by atoms with van der Waals surface area (Å²) in [4.78, 5) is 33.3. The van der Waals surface area contributed by atoms with E-state index in [-0.39, 0.29) is 24.0 Å². The van der Waals surface area contributed by atoms with Gasteiger partial charge < -0.3 is 20.4 Å². The number of aromatic nitrogens is 2. The molecule has 1 unspecified atom stereocenters. The van der Waals surface area contributed by atoms with Crippen molar-refractivity contribution < 1.29 is 14.3 Å². The van der Waals surface area contributed by atoms with Gasteiger partial charge in [0.25, 0.3) is 0 Å². The van der Waals surface area contributed by atoms with Crippen molar-refractivity contribution >= 4 is 12.0 Å². The molecular weight excluding hydrogens is 452 g/mol. The fourth-order valence-electron chi connectivity index (χ4n) is 5.11. The zero-order valence-electron chi connectivity index (χ0n) is 21.8. The van der Waals surface area contributed by atoms with E-state index in [9.17, 15) is 9.59 Å². The van der Waals surface area contributed by atoms with Gasteiger partial charge in [-0.05, 0) is 83.6 Å². The van der Waals surface area contributed by atoms with Gasteiger partial charge in [-0.1, -0.05) is 36.4 Å². The van der Waals surface area contributed by atoms with Crippen molar-refractivity contribution in [3.8, 4) is 11.3 Å². The molecule has 1 atom stereocenters. The molecule has 1 aromatic carbocycles. The average molecular weight is 493 g/mol. The number of hydrogen-bond acceptors (Lipinski definition) is 4. The predicted molar refractivity (Wildman–Crippen MR) is 141 cm³/mol. The highest BCUT2D eigenvalue weighted by Gasteiger charge is 2.29. The van der Waals surface area contributed by atoms with Gasteiger partial charge in [-0.2, -0.15) is 0 Å². The van der Waals surface area contributed by atoms with E-state index in [2.05, 4.69) is 57.0 Å². The zero-order chi connectivity index (χ0) is 25.5. The van der Waals surface area contributed by atoms with E-state index in [1.165, 1.54) is 11.1 Å². The van der Waals surface area contributed by atoms with Crippen LogP contribution in [-0.2, 0) is 16.0 Å². The van der Waals surface area contributed by atoms with Crippen LogP contribution in [0.2, 0.25) is 0 Å². The summed E-state index contributed by atoms with van der Waals surface area (Å²) in [6, 6.07) is 8.29. The fraction of sp³-hybridized carbons (Fsp3) is 0.552. The van der Waals surface area contributed by atoms with Gasteiger partial charge in [0.05, 0.1) is 17.9 Å². The number of carbonyl (C=O) groups excluding carboxylic acids is 2. The number of fused-ring (bicyclic) bond motifs is 4. The van der Waals surface area contributed by atoms with Gasteiger partial charge in [0.1, 0.15) is 11.4 Å². The standard InChI is InChI=1S/C29H40N4O3/c1-29(2,3)36-28(35)31-18-20-14-16-22(17-15-20)27(34)33-24-13-7-5-4-6-10-21-11-8-9-12-23(21)25-19-30-26(24)32-25/h5,7-9,11-12,19-20,22,24H,4,6,10,13-18H2,1-3H3,(H,30,32)(H,31,35)(H,33,34). The van der Waals surface area contributed by atoms with Crippen LogP contribution in [0.25, 0.3) is 11.3 Å². The van der Waals surface area contributed by atoms with Crippen LogP contribution in [0.3, 0.4) is 0 Å². The Labute approximate surface area is 214 Å². The molecule has 4 rings (SSSR count). The van der Waals surface area contributed by atoms with Crippen LogP contribution >= 0.6 is 0 Å². The highest BCUT2D eigenvalue weighted by molar-refractivity contribution is 5.79. The maximum Gasteiger partial charge on any atom is 0.407 e. The molecule has 1 fully saturated rings. The number of ether oxygens (including phenoxy) is 1. The highest BCUT2D eigenvalue weighted by atomic mass is 16.6. The van der Waals surface area contributed by atoms with E-state index in [4.69, 9.17) is 4.74 Å². The van der Waals surface area contributed by atoms with Crippen molar-refractivity contribution in [1.29, 1.82) is 0 Å². The number of aryl methyl sites for hydroxylation is 1. The normalized spacial score (nSPS) is 22.5. The molecule has 2 bridgehead atoms. The van der Waals surface area contributed by atoms with Gasteiger partial charge in [-0.25, -0.2) is 9.78 Å². The number of aromatic amines is 1. The number of allylic oxidation sites excluding steroid dienone is 1. The van der Waals surface area contributed by atoms with Crippen LogP contribution in [-0.4, -0.2) is 34.1 Å². The maximum atomic E-state index is 13.2. The summed E-state index contributed by atoms with van der Waals surface area (Å²) in [7, 11) is 0. The number of rotatable bonds is 4. The van der Waals surface area contributed by atoms with E-state index in [1.54, 1.807) is 0 Å². The molecule has 1 aromatic heterocycles. The number of hydrogen-bond donors (Lipinski definition) is 3. The zero-order valence-corrected chi connectivity index (χ0v) is 21.8. The second-order valence-electron chi connectivity index (χ2n) is 11.1. The molecule has 0 spiro atoms. The van der Waals surface area contributed by atoms with E-state index in [0.717, 1.165) is 62.9 Å². The molecule has 2 amide bonds. The van der Waals surface area contributed by atoms with Crippen LogP contribution in [0.1, 0.15) is 83.1 Å². The molecular formula is C29H40N4O3. The Hall–Kier alpha value is -3.09. The molecule has 1 saturated carbocycles. The van der Waals surface area contributed by atoms with E-state index < -0.39 is 5.60 Å². The van der Waals surface area contributed by atoms with Crippen LogP contribution < -0.4 is 10.6 Å². The smallest absolute Gasteiger partial charge is 0.407 e. The fourth-order valence-corrected chi connectivity index (χ4v) is 5.11. The minimum atomic E-state index is -0.499. The predicted octanol–water partition coefficient (Wildman–Crippen LogP) is 5.85. The summed E-state index contributed by atoms with van der Waals surface area (Å²) in [5.74, 6) is 1.26. The number of H-pyrrole nitrogens is 1. The van der Waals surface area contributed by atoms with Crippen molar-refractivity contribution in [2.24, 2.45) is 11.8 Å². The lowest BCUT2D eigenvalue weighted by molar-refractivity contribution is -0.127. The van der Waals surface area contributed by atoms with E-state index in [0.29, 0.717) is 12.5 Å². The number of carbonyl (C=O) groups is 2. The van der Waals surface area contributed by atoms with Gasteiger partial charge >= 0.3 is 6.09 Å². The SMILES string of the molecule is CC(C)(C)OC(=O)NCC1CCC(C(=O)NC2CC=CCCCc3ccccc3-c3cnc2[nH]3)CC1. The topological polar surface area (TPSA) is 96.1 Å². The minimum Gasteiger partial charge on any atom is -0.444 e. The van der Waals surface area contributed by atoms with Crippen LogP contribution in [0.15, 0.2) is 42.6 Å². The Morgan fingerprint density at radius 3 is 2.67 bits per heavy atom. The summed E-state index contributed by atoms with van der Waals surface area (Å²) in [6.45, 7) is 6.16. The molecule has 2 heterocycles. The lowest BCUT2D eigenvalue weighted by atomic mass is 9.81. The molecule has 36 heavy (non-hydrogen) atoms. The van der Waals surface area contributed by atoms with Crippen LogP contribution in [0, 0.1) is 11.8 Å². The number of benzene rings is 1. The minimum absolute atomic E-state index is 0.0108. The average Bonchev–Trinajstić information content (AvgIpc) is 3.33. The summed E-state index contributed by atoms with van der Waals surface area (Å²) < 4.78 is 5.33. The number of imidazole rings is 1. The van der Waals surface area contributed by atoms with Gasteiger partial charge in [-0.3, -0.25) is 4.79 Å². The Morgan fingerprint density at radius 2 is 1.89 bits per heavy atom. The van der Waals surface area contributed by atoms with Gasteiger partial charge in [0.15, 0.2) is 0 Å². The first kappa shape index (κ1) is 26.0. The molecule has 1 aliphatic carbocycles. The summed E-state index contributed by atoms with van der Waals surface area (Å²) >= 11 is 0. The third kappa shape index (κ3) is 7.21. The van der Waals surface area contributed by atoms with Crippen molar-refractivity contribution in [1.82, 2.24) is 20.6 Å². The van der Waals surface area contributed by atoms with Crippen molar-refractivity contribution in [2.75, 3.05) is 6.54 Å². The molecule has 2 aliphatic rings. The van der Waals surface area contributed by atoms with Crippen LogP contribution in [0.4, 0.5) is 4.79 Å². The molecule has 1 aliphatic heterocycles. The third-order valence-electron chi connectivity index (χ3n) is 7.06. The Balaban J connectivity index is 1.34. The van der Waals surface area contributed by atoms with Gasteiger partial charge in [0.2, 0.25) is 5.91 Å². The first-order valence-corrected chi connectivity index (χ1v) is 13.3. The number of alkyl carbamates (subject to hydrolysis) is 1. The first-order chi connectivity index (χ1) is 17.3. The summed E-state index contributed by atoms with van der Waals surface area (Å²) in [5.41, 5.74) is 3.01. The number of nitrogens with one attached hydrogen (secondary N) is 3. The summed E-state index contributed by atoms with van der Waals surface area (Å²) in [5, 5.41) is 6.15. The molecule has 7 nitrogen and oxygen atoms in total. The molecule has 0 radical (unpaired) electrons. The van der Waals surface area contributed by atoms with Crippen molar-refractivity contribution in [3.05, 3.63) is 54.0 Å². The van der Waals surface area contributed by atoms with Crippen LogP contribution in [0.5, 0.6) is 0 Å². The van der Waals surface area contributed by atoms with Crippen molar-refractivity contribution in [2.45, 2.75) is 83.8 Å². The molecule has 2 aromatic rings. The highest BCUT2D eigenvalue weighted by Crippen LogP contribution is 2.30. The van der Waals surface area contributed by atoms with E-state index in [1.807, 2.05) is 27.0 Å². The Kier molecular flexibility index (Phi) is 8.49. The largest absolute Gasteiger partial charge is 0.444 e.